The van der Waals surface area contributed by atoms with Crippen LogP contribution in [0.4, 0.5) is 4.39 Å². The maximum atomic E-state index is 13.8. The first-order chi connectivity index (χ1) is 12.0. The molecule has 0 bridgehead atoms. The van der Waals surface area contributed by atoms with Gasteiger partial charge in [-0.25, -0.2) is 4.39 Å². The van der Waals surface area contributed by atoms with Gasteiger partial charge in [-0.05, 0) is 54.8 Å². The molecule has 3 rings (SSSR count). The molecule has 0 radical (unpaired) electrons. The minimum atomic E-state index is -0.795. The highest BCUT2D eigenvalue weighted by molar-refractivity contribution is 6.42. The van der Waals surface area contributed by atoms with Crippen LogP contribution in [0.1, 0.15) is 30.0 Å². The zero-order valence-corrected chi connectivity index (χ0v) is 15.0. The largest absolute Gasteiger partial charge is 0.481 e. The number of piperidine rings is 1. The molecular formula is C19H18Cl2FNO2. The number of carboxylic acid groups (broad SMARTS) is 1. The Morgan fingerprint density at radius 1 is 1.16 bits per heavy atom. The van der Waals surface area contributed by atoms with Crippen molar-refractivity contribution in [3.05, 3.63) is 69.5 Å². The van der Waals surface area contributed by atoms with Gasteiger partial charge in [-0.1, -0.05) is 41.4 Å². The average Bonchev–Trinajstić information content (AvgIpc) is 2.59. The molecule has 0 spiro atoms. The summed E-state index contributed by atoms with van der Waals surface area (Å²) in [4.78, 5) is 13.5. The third-order valence-electron chi connectivity index (χ3n) is 4.59. The molecule has 1 heterocycles. The Morgan fingerprint density at radius 3 is 2.60 bits per heavy atom. The zero-order valence-electron chi connectivity index (χ0n) is 13.5. The number of likely N-dealkylation sites (tertiary alicyclic amines) is 1. The van der Waals surface area contributed by atoms with E-state index in [1.807, 2.05) is 12.1 Å². The van der Waals surface area contributed by atoms with Crippen molar-refractivity contribution in [3.8, 4) is 0 Å². The van der Waals surface area contributed by atoms with Crippen molar-refractivity contribution in [3.63, 3.8) is 0 Å². The van der Waals surface area contributed by atoms with Gasteiger partial charge in [0.25, 0.3) is 0 Å². The summed E-state index contributed by atoms with van der Waals surface area (Å²) in [6.45, 7) is 1.15. The van der Waals surface area contributed by atoms with E-state index in [4.69, 9.17) is 23.2 Å². The van der Waals surface area contributed by atoms with Gasteiger partial charge in [-0.2, -0.15) is 0 Å². The molecule has 1 N–H and O–H groups in total. The van der Waals surface area contributed by atoms with Crippen molar-refractivity contribution >= 4 is 29.2 Å². The van der Waals surface area contributed by atoms with E-state index < -0.39 is 11.9 Å². The van der Waals surface area contributed by atoms with Crippen LogP contribution in [0.2, 0.25) is 10.0 Å². The third kappa shape index (κ3) is 4.14. The smallest absolute Gasteiger partial charge is 0.307 e. The predicted octanol–water partition coefficient (Wildman–Crippen LogP) is 5.02. The van der Waals surface area contributed by atoms with Crippen LogP contribution in [-0.2, 0) is 4.79 Å². The van der Waals surface area contributed by atoms with Gasteiger partial charge < -0.3 is 5.11 Å². The van der Waals surface area contributed by atoms with Crippen LogP contribution in [0.3, 0.4) is 0 Å². The van der Waals surface area contributed by atoms with E-state index in [-0.39, 0.29) is 11.9 Å². The van der Waals surface area contributed by atoms with Crippen LogP contribution in [0.25, 0.3) is 0 Å². The second-order valence-corrected chi connectivity index (χ2v) is 7.12. The quantitative estimate of drug-likeness (QED) is 0.808. The Kier molecular flexibility index (Phi) is 5.62. The molecule has 1 saturated heterocycles. The average molecular weight is 382 g/mol. The van der Waals surface area contributed by atoms with E-state index >= 15 is 0 Å². The van der Waals surface area contributed by atoms with E-state index in [1.165, 1.54) is 12.1 Å². The molecule has 2 aromatic rings. The number of rotatable bonds is 4. The Balaban J connectivity index is 2.02. The lowest BCUT2D eigenvalue weighted by molar-refractivity contribution is -0.143. The van der Waals surface area contributed by atoms with Gasteiger partial charge in [0.15, 0.2) is 0 Å². The molecule has 2 aromatic carbocycles. The van der Waals surface area contributed by atoms with Gasteiger partial charge in [0, 0.05) is 6.54 Å². The van der Waals surface area contributed by atoms with Crippen LogP contribution in [0.5, 0.6) is 0 Å². The number of carbonyl (C=O) groups is 1. The van der Waals surface area contributed by atoms with Gasteiger partial charge in [0.1, 0.15) is 5.82 Å². The normalized spacial score (nSPS) is 19.6. The number of hydrogen-bond donors (Lipinski definition) is 1. The van der Waals surface area contributed by atoms with Crippen molar-refractivity contribution in [2.45, 2.75) is 18.9 Å². The number of halogens is 3. The second-order valence-electron chi connectivity index (χ2n) is 6.30. The third-order valence-corrected chi connectivity index (χ3v) is 5.33. The molecule has 132 valence electrons. The highest BCUT2D eigenvalue weighted by Gasteiger charge is 2.31. The van der Waals surface area contributed by atoms with Crippen molar-refractivity contribution < 1.29 is 14.3 Å². The minimum absolute atomic E-state index is 0.271. The molecule has 0 saturated carbocycles. The number of nitrogens with zero attached hydrogens (tertiary/aromatic N) is 1. The van der Waals surface area contributed by atoms with E-state index in [9.17, 15) is 14.3 Å². The molecule has 0 aromatic heterocycles. The first-order valence-electron chi connectivity index (χ1n) is 8.13. The Hall–Kier alpha value is -1.62. The van der Waals surface area contributed by atoms with Crippen molar-refractivity contribution in [1.29, 1.82) is 0 Å². The van der Waals surface area contributed by atoms with Gasteiger partial charge in [0.2, 0.25) is 0 Å². The van der Waals surface area contributed by atoms with Crippen molar-refractivity contribution in [2.75, 3.05) is 13.1 Å². The predicted molar refractivity (Wildman–Crippen MR) is 96.6 cm³/mol. The fraction of sp³-hybridized carbons (Fsp3) is 0.316. The van der Waals surface area contributed by atoms with Gasteiger partial charge in [-0.15, -0.1) is 0 Å². The lowest BCUT2D eigenvalue weighted by Gasteiger charge is -2.37. The van der Waals surface area contributed by atoms with Gasteiger partial charge in [-0.3, -0.25) is 9.69 Å². The summed E-state index contributed by atoms with van der Waals surface area (Å²) in [6, 6.07) is 11.5. The fourth-order valence-electron chi connectivity index (χ4n) is 3.42. The highest BCUT2D eigenvalue weighted by atomic mass is 35.5. The van der Waals surface area contributed by atoms with Crippen LogP contribution in [-0.4, -0.2) is 29.1 Å². The second kappa shape index (κ2) is 7.73. The van der Waals surface area contributed by atoms with Crippen LogP contribution >= 0.6 is 23.2 Å². The summed E-state index contributed by atoms with van der Waals surface area (Å²) in [6.07, 6.45) is 1.44. The molecule has 2 unspecified atom stereocenters. The van der Waals surface area contributed by atoms with Crippen LogP contribution < -0.4 is 0 Å². The molecular weight excluding hydrogens is 364 g/mol. The van der Waals surface area contributed by atoms with Crippen LogP contribution in [0, 0.1) is 11.7 Å². The van der Waals surface area contributed by atoms with Crippen molar-refractivity contribution in [2.24, 2.45) is 5.92 Å². The Morgan fingerprint density at radius 2 is 1.92 bits per heavy atom. The summed E-state index contributed by atoms with van der Waals surface area (Å²) in [5, 5.41) is 10.3. The standard InChI is InChI=1S/C19H18Cl2FNO2/c20-16-7-6-13(10-17(16)21)18(12-3-1-5-15(22)9-12)23-8-2-4-14(11-23)19(24)25/h1,3,5-7,9-10,14,18H,2,4,8,11H2,(H,24,25). The molecule has 1 aliphatic rings. The molecule has 0 aliphatic carbocycles. The molecule has 1 aliphatic heterocycles. The first-order valence-corrected chi connectivity index (χ1v) is 8.88. The Labute approximate surface area is 156 Å². The SMILES string of the molecule is O=C(O)C1CCCN(C(c2cccc(F)c2)c2ccc(Cl)c(Cl)c2)C1. The van der Waals surface area contributed by atoms with E-state index in [2.05, 4.69) is 4.90 Å². The van der Waals surface area contributed by atoms with Gasteiger partial charge >= 0.3 is 5.97 Å². The molecule has 25 heavy (non-hydrogen) atoms. The van der Waals surface area contributed by atoms with Crippen molar-refractivity contribution in [1.82, 2.24) is 4.90 Å². The maximum absolute atomic E-state index is 13.8. The Bertz CT molecular complexity index is 784. The molecule has 0 amide bonds. The lowest BCUT2D eigenvalue weighted by Crippen LogP contribution is -2.41. The van der Waals surface area contributed by atoms with Gasteiger partial charge in [0.05, 0.1) is 22.0 Å². The summed E-state index contributed by atoms with van der Waals surface area (Å²) >= 11 is 12.2. The molecule has 2 atom stereocenters. The van der Waals surface area contributed by atoms with E-state index in [0.717, 1.165) is 24.1 Å². The number of aliphatic carboxylic acids is 1. The molecule has 3 nitrogen and oxygen atoms in total. The number of hydrogen-bond acceptors (Lipinski definition) is 2. The summed E-state index contributed by atoms with van der Waals surface area (Å²) in [5.41, 5.74) is 1.63. The fourth-order valence-corrected chi connectivity index (χ4v) is 3.72. The summed E-state index contributed by atoms with van der Waals surface area (Å²) in [7, 11) is 0. The topological polar surface area (TPSA) is 40.5 Å². The molecule has 1 fully saturated rings. The maximum Gasteiger partial charge on any atom is 0.307 e. The summed E-state index contributed by atoms with van der Waals surface area (Å²) in [5.74, 6) is -1.54. The number of benzene rings is 2. The highest BCUT2D eigenvalue weighted by Crippen LogP contribution is 2.35. The minimum Gasteiger partial charge on any atom is -0.481 e. The zero-order chi connectivity index (χ0) is 18.0. The van der Waals surface area contributed by atoms with E-state index in [0.29, 0.717) is 23.0 Å². The monoisotopic (exact) mass is 381 g/mol. The summed E-state index contributed by atoms with van der Waals surface area (Å²) < 4.78 is 13.8. The lowest BCUT2D eigenvalue weighted by atomic mass is 9.91. The molecule has 6 heteroatoms. The van der Waals surface area contributed by atoms with Crippen LogP contribution in [0.15, 0.2) is 42.5 Å². The van der Waals surface area contributed by atoms with E-state index in [1.54, 1.807) is 18.2 Å². The number of carboxylic acids is 1. The first kappa shape index (κ1) is 18.2.